The third-order valence-electron chi connectivity index (χ3n) is 4.61. The summed E-state index contributed by atoms with van der Waals surface area (Å²) in [5, 5.41) is 12.4. The van der Waals surface area contributed by atoms with Crippen LogP contribution in [0.2, 0.25) is 0 Å². The molecular weight excluding hydrogens is 310 g/mol. The highest BCUT2D eigenvalue weighted by molar-refractivity contribution is 5.82. The van der Waals surface area contributed by atoms with Gasteiger partial charge in [-0.3, -0.25) is 4.79 Å². The van der Waals surface area contributed by atoms with Crippen LogP contribution in [0, 0.1) is 11.3 Å². The molecule has 1 heterocycles. The summed E-state index contributed by atoms with van der Waals surface area (Å²) in [5.41, 5.74) is 2.81. The Morgan fingerprint density at radius 1 is 1.08 bits per heavy atom. The van der Waals surface area contributed by atoms with Crippen LogP contribution >= 0.6 is 0 Å². The molecule has 1 fully saturated rings. The maximum absolute atomic E-state index is 12.9. The zero-order chi connectivity index (χ0) is 17.5. The number of amides is 1. The van der Waals surface area contributed by atoms with Crippen molar-refractivity contribution in [2.45, 2.75) is 31.8 Å². The molecule has 1 aliphatic heterocycles. The van der Waals surface area contributed by atoms with Crippen molar-refractivity contribution in [3.8, 4) is 6.07 Å². The molecule has 128 valence electrons. The normalized spacial score (nSPS) is 14.9. The second kappa shape index (κ2) is 8.46. The monoisotopic (exact) mass is 333 g/mol. The van der Waals surface area contributed by atoms with Crippen LogP contribution in [0.5, 0.6) is 0 Å². The number of hydrogen-bond acceptors (Lipinski definition) is 3. The molecule has 2 aromatic carbocycles. The Bertz CT molecular complexity index is 745. The van der Waals surface area contributed by atoms with Gasteiger partial charge >= 0.3 is 0 Å². The van der Waals surface area contributed by atoms with E-state index in [1.165, 1.54) is 0 Å². The molecule has 4 heteroatoms. The smallest absolute Gasteiger partial charge is 0.240 e. The Hall–Kier alpha value is -2.64. The van der Waals surface area contributed by atoms with Crippen LogP contribution in [0.4, 0.5) is 0 Å². The lowest BCUT2D eigenvalue weighted by Crippen LogP contribution is -2.46. The molecule has 0 spiro atoms. The standard InChI is InChI=1S/C21H23N3O/c22-15-18-9-6-10-19(13-18)16-23-20(14-17-7-2-1-3-8-17)21(25)24-11-4-5-12-24/h1-3,6-10,13,20,23H,4-5,11-12,14,16H2. The minimum atomic E-state index is -0.244. The fraction of sp³-hybridized carbons (Fsp3) is 0.333. The fourth-order valence-electron chi connectivity index (χ4n) is 3.25. The van der Waals surface area contributed by atoms with E-state index in [4.69, 9.17) is 5.26 Å². The number of hydrogen-bond donors (Lipinski definition) is 1. The maximum atomic E-state index is 12.9. The second-order valence-electron chi connectivity index (χ2n) is 6.47. The molecule has 25 heavy (non-hydrogen) atoms. The number of benzene rings is 2. The summed E-state index contributed by atoms with van der Waals surface area (Å²) in [6.45, 7) is 2.29. The minimum Gasteiger partial charge on any atom is -0.341 e. The van der Waals surface area contributed by atoms with Gasteiger partial charge in [0.15, 0.2) is 0 Å². The van der Waals surface area contributed by atoms with E-state index < -0.39 is 0 Å². The first kappa shape index (κ1) is 17.2. The largest absolute Gasteiger partial charge is 0.341 e. The van der Waals surface area contributed by atoms with E-state index in [0.29, 0.717) is 18.5 Å². The molecule has 0 radical (unpaired) electrons. The molecule has 0 saturated carbocycles. The summed E-state index contributed by atoms with van der Waals surface area (Å²) < 4.78 is 0. The third-order valence-corrected chi connectivity index (χ3v) is 4.61. The molecule has 4 nitrogen and oxygen atoms in total. The van der Waals surface area contributed by atoms with Gasteiger partial charge in [-0.05, 0) is 42.5 Å². The van der Waals surface area contributed by atoms with Gasteiger partial charge < -0.3 is 10.2 Å². The molecule has 0 aromatic heterocycles. The first-order chi connectivity index (χ1) is 12.3. The Kier molecular flexibility index (Phi) is 5.81. The molecule has 3 rings (SSSR count). The second-order valence-corrected chi connectivity index (χ2v) is 6.47. The van der Waals surface area contributed by atoms with Gasteiger partial charge in [0, 0.05) is 19.6 Å². The minimum absolute atomic E-state index is 0.179. The first-order valence-corrected chi connectivity index (χ1v) is 8.81. The molecule has 2 aromatic rings. The third kappa shape index (κ3) is 4.68. The number of nitrogens with zero attached hydrogens (tertiary/aromatic N) is 2. The van der Waals surface area contributed by atoms with Gasteiger partial charge in [-0.25, -0.2) is 0 Å². The van der Waals surface area contributed by atoms with E-state index in [2.05, 4.69) is 23.5 Å². The highest BCUT2D eigenvalue weighted by Crippen LogP contribution is 2.13. The number of likely N-dealkylation sites (tertiary alicyclic amines) is 1. The lowest BCUT2D eigenvalue weighted by molar-refractivity contribution is -0.132. The zero-order valence-corrected chi connectivity index (χ0v) is 14.3. The van der Waals surface area contributed by atoms with E-state index in [1.54, 1.807) is 6.07 Å². The van der Waals surface area contributed by atoms with Crippen LogP contribution in [-0.4, -0.2) is 29.9 Å². The molecule has 1 N–H and O–H groups in total. The van der Waals surface area contributed by atoms with Gasteiger partial charge in [0.25, 0.3) is 0 Å². The number of nitriles is 1. The average molecular weight is 333 g/mol. The van der Waals surface area contributed by atoms with Crippen LogP contribution in [-0.2, 0) is 17.8 Å². The van der Waals surface area contributed by atoms with Crippen molar-refractivity contribution in [1.82, 2.24) is 10.2 Å². The molecule has 0 aliphatic carbocycles. The predicted octanol–water partition coefficient (Wildman–Crippen LogP) is 2.88. The quantitative estimate of drug-likeness (QED) is 0.884. The number of carbonyl (C=O) groups is 1. The zero-order valence-electron chi connectivity index (χ0n) is 14.3. The van der Waals surface area contributed by atoms with Gasteiger partial charge in [0.2, 0.25) is 5.91 Å². The lowest BCUT2D eigenvalue weighted by Gasteiger charge is -2.24. The number of nitrogens with one attached hydrogen (secondary N) is 1. The van der Waals surface area contributed by atoms with Crippen LogP contribution in [0.3, 0.4) is 0 Å². The maximum Gasteiger partial charge on any atom is 0.240 e. The molecule has 0 bridgehead atoms. The van der Waals surface area contributed by atoms with E-state index >= 15 is 0 Å². The van der Waals surface area contributed by atoms with Gasteiger partial charge in [0.05, 0.1) is 17.7 Å². The molecule has 1 aliphatic rings. The first-order valence-electron chi connectivity index (χ1n) is 8.81. The van der Waals surface area contributed by atoms with E-state index in [9.17, 15) is 4.79 Å². The summed E-state index contributed by atoms with van der Waals surface area (Å²) >= 11 is 0. The molecule has 1 amide bonds. The Labute approximate surface area is 149 Å². The van der Waals surface area contributed by atoms with Gasteiger partial charge in [-0.1, -0.05) is 42.5 Å². The van der Waals surface area contributed by atoms with Crippen molar-refractivity contribution in [3.63, 3.8) is 0 Å². The van der Waals surface area contributed by atoms with Gasteiger partial charge in [-0.2, -0.15) is 5.26 Å². The van der Waals surface area contributed by atoms with Crippen molar-refractivity contribution >= 4 is 5.91 Å². The molecular formula is C21H23N3O. The summed E-state index contributed by atoms with van der Waals surface area (Å²) in [4.78, 5) is 14.9. The van der Waals surface area contributed by atoms with Gasteiger partial charge in [-0.15, -0.1) is 0 Å². The summed E-state index contributed by atoms with van der Waals surface area (Å²) in [5.74, 6) is 0.179. The van der Waals surface area contributed by atoms with Crippen LogP contribution in [0.25, 0.3) is 0 Å². The van der Waals surface area contributed by atoms with Crippen molar-refractivity contribution in [1.29, 1.82) is 5.26 Å². The van der Waals surface area contributed by atoms with E-state index in [1.807, 2.05) is 41.3 Å². The Morgan fingerprint density at radius 2 is 1.80 bits per heavy atom. The van der Waals surface area contributed by atoms with Crippen molar-refractivity contribution < 1.29 is 4.79 Å². The van der Waals surface area contributed by atoms with Crippen molar-refractivity contribution in [2.75, 3.05) is 13.1 Å². The van der Waals surface area contributed by atoms with E-state index in [0.717, 1.165) is 37.1 Å². The summed E-state index contributed by atoms with van der Waals surface area (Å²) in [7, 11) is 0. The topological polar surface area (TPSA) is 56.1 Å². The summed E-state index contributed by atoms with van der Waals surface area (Å²) in [6.07, 6.45) is 2.86. The number of carbonyl (C=O) groups excluding carboxylic acids is 1. The lowest BCUT2D eigenvalue weighted by atomic mass is 10.0. The Balaban J connectivity index is 1.71. The highest BCUT2D eigenvalue weighted by Gasteiger charge is 2.26. The molecule has 1 atom stereocenters. The summed E-state index contributed by atoms with van der Waals surface area (Å²) in [6, 6.07) is 19.5. The SMILES string of the molecule is N#Cc1cccc(CNC(Cc2ccccc2)C(=O)N2CCCC2)c1. The van der Waals surface area contributed by atoms with E-state index in [-0.39, 0.29) is 11.9 Å². The van der Waals surface area contributed by atoms with Crippen LogP contribution in [0.15, 0.2) is 54.6 Å². The van der Waals surface area contributed by atoms with Gasteiger partial charge in [0.1, 0.15) is 0 Å². The molecule has 1 unspecified atom stereocenters. The predicted molar refractivity (Wildman–Crippen MR) is 97.7 cm³/mol. The highest BCUT2D eigenvalue weighted by atomic mass is 16.2. The number of rotatable bonds is 6. The van der Waals surface area contributed by atoms with Crippen molar-refractivity contribution in [3.05, 3.63) is 71.3 Å². The van der Waals surface area contributed by atoms with Crippen LogP contribution < -0.4 is 5.32 Å². The van der Waals surface area contributed by atoms with Crippen molar-refractivity contribution in [2.24, 2.45) is 0 Å². The fourth-order valence-corrected chi connectivity index (χ4v) is 3.25. The average Bonchev–Trinajstić information content (AvgIpc) is 3.20. The Morgan fingerprint density at radius 3 is 2.52 bits per heavy atom. The molecule has 1 saturated heterocycles. The van der Waals surface area contributed by atoms with Crippen LogP contribution in [0.1, 0.15) is 29.5 Å².